The second-order valence-electron chi connectivity index (χ2n) is 4.98. The molecule has 1 aliphatic rings. The van der Waals surface area contributed by atoms with Crippen LogP contribution in [0.4, 0.5) is 0 Å². The standard InChI is InChI=1S/C12H16N2O5S2/c1-12(11(16)17)5-3-6-14(12)9(15)8-13-21(18,19)10-4-2-7-20-10/h2,4,7,13H,3,5-6,8H2,1H3,(H,16,17). The number of nitrogens with zero attached hydrogens (tertiary/aromatic N) is 1. The number of carboxylic acid groups (broad SMARTS) is 1. The van der Waals surface area contributed by atoms with Crippen LogP contribution in [-0.2, 0) is 19.6 Å². The number of likely N-dealkylation sites (tertiary alicyclic amines) is 1. The highest BCUT2D eigenvalue weighted by Crippen LogP contribution is 2.29. The predicted molar refractivity (Wildman–Crippen MR) is 76.5 cm³/mol. The van der Waals surface area contributed by atoms with E-state index in [2.05, 4.69) is 4.72 Å². The molecule has 2 heterocycles. The van der Waals surface area contributed by atoms with Gasteiger partial charge in [-0.2, -0.15) is 0 Å². The second-order valence-corrected chi connectivity index (χ2v) is 7.93. The van der Waals surface area contributed by atoms with Crippen LogP contribution in [0, 0.1) is 0 Å². The molecule has 0 aliphatic carbocycles. The van der Waals surface area contributed by atoms with Crippen LogP contribution in [-0.4, -0.2) is 48.9 Å². The van der Waals surface area contributed by atoms with Gasteiger partial charge in [0.25, 0.3) is 10.0 Å². The van der Waals surface area contributed by atoms with E-state index in [-0.39, 0.29) is 4.21 Å². The third kappa shape index (κ3) is 3.09. The monoisotopic (exact) mass is 332 g/mol. The summed E-state index contributed by atoms with van der Waals surface area (Å²) < 4.78 is 26.2. The van der Waals surface area contributed by atoms with Crippen LogP contribution < -0.4 is 4.72 Å². The lowest BCUT2D eigenvalue weighted by atomic mass is 9.99. The topological polar surface area (TPSA) is 104 Å². The summed E-state index contributed by atoms with van der Waals surface area (Å²) in [6.07, 6.45) is 0.956. The van der Waals surface area contributed by atoms with E-state index in [1.165, 1.54) is 17.9 Å². The van der Waals surface area contributed by atoms with E-state index >= 15 is 0 Å². The maximum Gasteiger partial charge on any atom is 0.329 e. The predicted octanol–water partition coefficient (Wildman–Crippen LogP) is 0.492. The molecule has 1 atom stereocenters. The average molecular weight is 332 g/mol. The van der Waals surface area contributed by atoms with Crippen molar-refractivity contribution < 1.29 is 23.1 Å². The number of carboxylic acids is 1. The molecule has 0 bridgehead atoms. The molecule has 0 spiro atoms. The molecule has 0 aromatic carbocycles. The highest BCUT2D eigenvalue weighted by Gasteiger charge is 2.45. The molecule has 7 nitrogen and oxygen atoms in total. The van der Waals surface area contributed by atoms with Crippen molar-refractivity contribution >= 4 is 33.2 Å². The maximum absolute atomic E-state index is 12.1. The molecular formula is C12H16N2O5S2. The molecule has 116 valence electrons. The van der Waals surface area contributed by atoms with Gasteiger partial charge in [0.05, 0.1) is 6.54 Å². The Hall–Kier alpha value is -1.45. The number of nitrogens with one attached hydrogen (secondary N) is 1. The third-order valence-electron chi connectivity index (χ3n) is 3.58. The highest BCUT2D eigenvalue weighted by molar-refractivity contribution is 7.91. The first-order chi connectivity index (χ1) is 9.77. The molecular weight excluding hydrogens is 316 g/mol. The van der Waals surface area contributed by atoms with Gasteiger partial charge in [0, 0.05) is 6.54 Å². The number of aliphatic carboxylic acids is 1. The van der Waals surface area contributed by atoms with Crippen molar-refractivity contribution in [2.24, 2.45) is 0 Å². The van der Waals surface area contributed by atoms with Gasteiger partial charge < -0.3 is 10.0 Å². The van der Waals surface area contributed by atoms with Crippen molar-refractivity contribution in [3.63, 3.8) is 0 Å². The molecule has 0 saturated carbocycles. The molecule has 0 radical (unpaired) electrons. The Bertz CT molecular complexity index is 641. The molecule has 1 aromatic rings. The van der Waals surface area contributed by atoms with Gasteiger partial charge >= 0.3 is 5.97 Å². The summed E-state index contributed by atoms with van der Waals surface area (Å²) in [5, 5.41) is 10.9. The maximum atomic E-state index is 12.1. The minimum absolute atomic E-state index is 0.123. The van der Waals surface area contributed by atoms with Gasteiger partial charge in [0.15, 0.2) is 0 Å². The molecule has 1 unspecified atom stereocenters. The lowest BCUT2D eigenvalue weighted by molar-refractivity contribution is -0.154. The molecule has 1 amide bonds. The van der Waals surface area contributed by atoms with Gasteiger partial charge in [-0.25, -0.2) is 17.9 Å². The van der Waals surface area contributed by atoms with Gasteiger partial charge in [-0.1, -0.05) is 6.07 Å². The van der Waals surface area contributed by atoms with Crippen molar-refractivity contribution in [2.45, 2.75) is 29.5 Å². The van der Waals surface area contributed by atoms with E-state index < -0.39 is 34.0 Å². The van der Waals surface area contributed by atoms with Crippen molar-refractivity contribution in [1.82, 2.24) is 9.62 Å². The molecule has 9 heteroatoms. The largest absolute Gasteiger partial charge is 0.480 e. The number of amides is 1. The first-order valence-electron chi connectivity index (χ1n) is 6.34. The zero-order valence-electron chi connectivity index (χ0n) is 11.4. The lowest BCUT2D eigenvalue weighted by Crippen LogP contribution is -2.53. The fraction of sp³-hybridized carbons (Fsp3) is 0.500. The van der Waals surface area contributed by atoms with Gasteiger partial charge in [0.2, 0.25) is 5.91 Å². The van der Waals surface area contributed by atoms with Crippen LogP contribution in [0.5, 0.6) is 0 Å². The zero-order chi connectivity index (χ0) is 15.7. The number of sulfonamides is 1. The number of thiophene rings is 1. The SMILES string of the molecule is CC1(C(=O)O)CCCN1C(=O)CNS(=O)(=O)c1cccs1. The lowest BCUT2D eigenvalue weighted by Gasteiger charge is -2.31. The van der Waals surface area contributed by atoms with Crippen LogP contribution in [0.15, 0.2) is 21.7 Å². The first kappa shape index (κ1) is 15.9. The van der Waals surface area contributed by atoms with Crippen LogP contribution in [0.25, 0.3) is 0 Å². The number of rotatable bonds is 5. The van der Waals surface area contributed by atoms with E-state index in [9.17, 15) is 23.1 Å². The molecule has 1 aliphatic heterocycles. The summed E-state index contributed by atoms with van der Waals surface area (Å²) >= 11 is 1.05. The molecule has 2 rings (SSSR count). The van der Waals surface area contributed by atoms with E-state index in [4.69, 9.17) is 0 Å². The molecule has 1 fully saturated rings. The number of hydrogen-bond acceptors (Lipinski definition) is 5. The van der Waals surface area contributed by atoms with Crippen LogP contribution in [0.2, 0.25) is 0 Å². The van der Waals surface area contributed by atoms with Crippen LogP contribution >= 0.6 is 11.3 Å². The summed E-state index contributed by atoms with van der Waals surface area (Å²) in [5.41, 5.74) is -1.26. The van der Waals surface area contributed by atoms with E-state index in [1.807, 2.05) is 0 Å². The molecule has 1 aromatic heterocycles. The van der Waals surface area contributed by atoms with Gasteiger partial charge in [-0.05, 0) is 31.2 Å². The summed E-state index contributed by atoms with van der Waals surface area (Å²) in [7, 11) is -3.73. The minimum Gasteiger partial charge on any atom is -0.480 e. The Labute approximate surface area is 126 Å². The first-order valence-corrected chi connectivity index (χ1v) is 8.71. The summed E-state index contributed by atoms with van der Waals surface area (Å²) in [6.45, 7) is 1.36. The van der Waals surface area contributed by atoms with Gasteiger partial charge in [-0.3, -0.25) is 4.79 Å². The van der Waals surface area contributed by atoms with Crippen molar-refractivity contribution in [3.05, 3.63) is 17.5 Å². The quantitative estimate of drug-likeness (QED) is 0.817. The third-order valence-corrected chi connectivity index (χ3v) is 6.37. The fourth-order valence-electron chi connectivity index (χ4n) is 2.33. The number of carbonyl (C=O) groups is 2. The molecule has 2 N–H and O–H groups in total. The van der Waals surface area contributed by atoms with Gasteiger partial charge in [-0.15, -0.1) is 11.3 Å². The smallest absolute Gasteiger partial charge is 0.329 e. The number of carbonyl (C=O) groups excluding carboxylic acids is 1. The highest BCUT2D eigenvalue weighted by atomic mass is 32.2. The van der Waals surface area contributed by atoms with Gasteiger partial charge in [0.1, 0.15) is 9.75 Å². The Morgan fingerprint density at radius 2 is 2.24 bits per heavy atom. The Morgan fingerprint density at radius 3 is 2.81 bits per heavy atom. The second kappa shape index (κ2) is 5.74. The summed E-state index contributed by atoms with van der Waals surface area (Å²) in [5.74, 6) is -1.60. The minimum atomic E-state index is -3.73. The zero-order valence-corrected chi connectivity index (χ0v) is 13.0. The summed E-state index contributed by atoms with van der Waals surface area (Å²) in [6, 6.07) is 3.04. The Kier molecular flexibility index (Phi) is 4.35. The Morgan fingerprint density at radius 1 is 1.52 bits per heavy atom. The molecule has 1 saturated heterocycles. The van der Waals surface area contributed by atoms with Crippen molar-refractivity contribution in [1.29, 1.82) is 0 Å². The average Bonchev–Trinajstić information content (AvgIpc) is 3.06. The van der Waals surface area contributed by atoms with E-state index in [1.54, 1.807) is 11.4 Å². The summed E-state index contributed by atoms with van der Waals surface area (Å²) in [4.78, 5) is 24.6. The van der Waals surface area contributed by atoms with E-state index in [0.717, 1.165) is 11.3 Å². The van der Waals surface area contributed by atoms with Crippen molar-refractivity contribution in [2.75, 3.05) is 13.1 Å². The van der Waals surface area contributed by atoms with Crippen molar-refractivity contribution in [3.8, 4) is 0 Å². The number of hydrogen-bond donors (Lipinski definition) is 2. The van der Waals surface area contributed by atoms with Crippen LogP contribution in [0.1, 0.15) is 19.8 Å². The van der Waals surface area contributed by atoms with E-state index in [0.29, 0.717) is 19.4 Å². The molecule has 21 heavy (non-hydrogen) atoms. The fourth-order valence-corrected chi connectivity index (χ4v) is 4.34. The normalized spacial score (nSPS) is 22.4. The Balaban J connectivity index is 2.04. The van der Waals surface area contributed by atoms with Crippen LogP contribution in [0.3, 0.4) is 0 Å².